The molecule has 1 aromatic rings. The molecule has 0 spiro atoms. The van der Waals surface area contributed by atoms with Crippen molar-refractivity contribution in [1.82, 2.24) is 4.31 Å². The van der Waals surface area contributed by atoms with Gasteiger partial charge >= 0.3 is 5.97 Å². The number of hydrogen-bond donors (Lipinski definition) is 1. The molecule has 2 N–H and O–H groups in total. The first-order chi connectivity index (χ1) is 9.36. The van der Waals surface area contributed by atoms with Crippen molar-refractivity contribution >= 4 is 40.0 Å². The number of benzene rings is 1. The number of ether oxygens (including phenoxy) is 1. The lowest BCUT2D eigenvalue weighted by atomic mass is 10.2. The summed E-state index contributed by atoms with van der Waals surface area (Å²) in [5.41, 5.74) is 5.92. The molecule has 1 aliphatic heterocycles. The Morgan fingerprint density at radius 1 is 1.48 bits per heavy atom. The van der Waals surface area contributed by atoms with Gasteiger partial charge in [-0.3, -0.25) is 0 Å². The van der Waals surface area contributed by atoms with E-state index < -0.39 is 16.0 Å². The summed E-state index contributed by atoms with van der Waals surface area (Å²) >= 11 is 5.98. The number of methoxy groups -OCH3 is 1. The van der Waals surface area contributed by atoms with E-state index in [1.165, 1.54) is 29.6 Å². The van der Waals surface area contributed by atoms with E-state index in [2.05, 4.69) is 4.74 Å². The van der Waals surface area contributed by atoms with Crippen LogP contribution in [0.25, 0.3) is 0 Å². The zero-order valence-electron chi connectivity index (χ0n) is 11.3. The Balaban J connectivity index is 0.00000220. The van der Waals surface area contributed by atoms with Crippen LogP contribution >= 0.6 is 24.0 Å². The Bertz CT molecular complexity index is 636. The maximum atomic E-state index is 12.4. The molecule has 9 heteroatoms. The van der Waals surface area contributed by atoms with E-state index in [0.717, 1.165) is 0 Å². The van der Waals surface area contributed by atoms with Crippen molar-refractivity contribution in [2.24, 2.45) is 5.73 Å². The Morgan fingerprint density at radius 3 is 2.62 bits per heavy atom. The Kier molecular flexibility index (Phi) is 6.01. The molecule has 1 atom stereocenters. The van der Waals surface area contributed by atoms with Gasteiger partial charge in [-0.15, -0.1) is 12.4 Å². The van der Waals surface area contributed by atoms with E-state index in [-0.39, 0.29) is 40.5 Å². The first-order valence-corrected chi connectivity index (χ1v) is 7.81. The topological polar surface area (TPSA) is 89.7 Å². The van der Waals surface area contributed by atoms with Crippen molar-refractivity contribution < 1.29 is 17.9 Å². The van der Waals surface area contributed by atoms with Gasteiger partial charge in [-0.1, -0.05) is 11.6 Å². The second kappa shape index (κ2) is 6.93. The average Bonchev–Trinajstić information content (AvgIpc) is 2.84. The molecule has 0 amide bonds. The Hall–Kier alpha value is -0.860. The highest BCUT2D eigenvalue weighted by Crippen LogP contribution is 2.28. The zero-order valence-corrected chi connectivity index (χ0v) is 13.7. The number of halogens is 2. The molecule has 1 heterocycles. The molecule has 0 aliphatic carbocycles. The van der Waals surface area contributed by atoms with Crippen molar-refractivity contribution in [2.45, 2.75) is 17.4 Å². The van der Waals surface area contributed by atoms with E-state index in [4.69, 9.17) is 17.3 Å². The van der Waals surface area contributed by atoms with Gasteiger partial charge in [0.2, 0.25) is 10.0 Å². The first-order valence-electron chi connectivity index (χ1n) is 6.00. The molecular weight excluding hydrogens is 339 g/mol. The molecule has 1 aliphatic rings. The minimum atomic E-state index is -3.68. The lowest BCUT2D eigenvalue weighted by Crippen LogP contribution is -2.32. The number of hydrogen-bond acceptors (Lipinski definition) is 5. The lowest BCUT2D eigenvalue weighted by Gasteiger charge is -2.17. The predicted molar refractivity (Wildman–Crippen MR) is 81.4 cm³/mol. The molecule has 118 valence electrons. The number of nitrogens with zero attached hydrogens (tertiary/aromatic N) is 1. The van der Waals surface area contributed by atoms with Crippen molar-refractivity contribution in [3.63, 3.8) is 0 Å². The van der Waals surface area contributed by atoms with Crippen LogP contribution in [-0.4, -0.2) is 44.9 Å². The third-order valence-corrected chi connectivity index (χ3v) is 5.51. The zero-order chi connectivity index (χ0) is 14.9. The Labute approximate surface area is 134 Å². The summed E-state index contributed by atoms with van der Waals surface area (Å²) in [6.07, 6.45) is 0.622. The fourth-order valence-corrected chi connectivity index (χ4v) is 4.10. The standard InChI is InChI=1S/C12H15ClN2O4S.ClH/c1-19-12(16)8-2-3-11(10(13)6-8)20(17,18)15-5-4-9(14)7-15;/h2-3,6,9H,4-5,7,14H2,1H3;1H/t9-;/m1./s1. The van der Waals surface area contributed by atoms with Crippen LogP contribution < -0.4 is 5.73 Å². The summed E-state index contributed by atoms with van der Waals surface area (Å²) in [5.74, 6) is -0.570. The van der Waals surface area contributed by atoms with Crippen molar-refractivity contribution in [2.75, 3.05) is 20.2 Å². The predicted octanol–water partition coefficient (Wildman–Crippen LogP) is 1.27. The van der Waals surface area contributed by atoms with Crippen LogP contribution in [0, 0.1) is 0 Å². The fraction of sp³-hybridized carbons (Fsp3) is 0.417. The molecule has 21 heavy (non-hydrogen) atoms. The number of sulfonamides is 1. The van der Waals surface area contributed by atoms with Gasteiger partial charge in [0.25, 0.3) is 0 Å². The number of rotatable bonds is 3. The van der Waals surface area contributed by atoms with Crippen molar-refractivity contribution in [3.05, 3.63) is 28.8 Å². The summed E-state index contributed by atoms with van der Waals surface area (Å²) in [7, 11) is -2.44. The van der Waals surface area contributed by atoms with Crippen LogP contribution in [0.2, 0.25) is 5.02 Å². The number of nitrogens with two attached hydrogens (primary N) is 1. The smallest absolute Gasteiger partial charge is 0.337 e. The highest BCUT2D eigenvalue weighted by molar-refractivity contribution is 7.89. The van der Waals surface area contributed by atoms with Crippen LogP contribution in [0.15, 0.2) is 23.1 Å². The SMILES string of the molecule is COC(=O)c1ccc(S(=O)(=O)N2CC[C@@H](N)C2)c(Cl)c1.Cl. The van der Waals surface area contributed by atoms with Gasteiger partial charge < -0.3 is 10.5 Å². The van der Waals surface area contributed by atoms with Crippen LogP contribution in [0.4, 0.5) is 0 Å². The number of carbonyl (C=O) groups excluding carboxylic acids is 1. The summed E-state index contributed by atoms with van der Waals surface area (Å²) < 4.78 is 30.7. The first kappa shape index (κ1) is 18.2. The van der Waals surface area contributed by atoms with Gasteiger partial charge in [0, 0.05) is 19.1 Å². The maximum Gasteiger partial charge on any atom is 0.337 e. The highest BCUT2D eigenvalue weighted by atomic mass is 35.5. The van der Waals surface area contributed by atoms with E-state index in [1.807, 2.05) is 0 Å². The van der Waals surface area contributed by atoms with E-state index in [1.54, 1.807) is 0 Å². The van der Waals surface area contributed by atoms with Crippen LogP contribution in [0.1, 0.15) is 16.8 Å². The van der Waals surface area contributed by atoms with Gasteiger partial charge in [0.15, 0.2) is 0 Å². The monoisotopic (exact) mass is 354 g/mol. The van der Waals surface area contributed by atoms with Crippen LogP contribution in [-0.2, 0) is 14.8 Å². The molecule has 0 saturated carbocycles. The second-order valence-corrected chi connectivity index (χ2v) is 6.86. The van der Waals surface area contributed by atoms with Gasteiger partial charge in [0.05, 0.1) is 17.7 Å². The molecular formula is C12H16Cl2N2O4S. The number of carbonyl (C=O) groups is 1. The van der Waals surface area contributed by atoms with Gasteiger partial charge in [0.1, 0.15) is 4.90 Å². The van der Waals surface area contributed by atoms with E-state index in [9.17, 15) is 13.2 Å². The van der Waals surface area contributed by atoms with Crippen LogP contribution in [0.5, 0.6) is 0 Å². The molecule has 2 rings (SSSR count). The molecule has 1 aromatic carbocycles. The van der Waals surface area contributed by atoms with Gasteiger partial charge in [-0.25, -0.2) is 13.2 Å². The Morgan fingerprint density at radius 2 is 2.14 bits per heavy atom. The molecule has 0 bridgehead atoms. The minimum absolute atomic E-state index is 0. The van der Waals surface area contributed by atoms with E-state index in [0.29, 0.717) is 13.0 Å². The molecule has 1 saturated heterocycles. The number of esters is 1. The summed E-state index contributed by atoms with van der Waals surface area (Å²) in [6, 6.07) is 3.82. The third kappa shape index (κ3) is 3.67. The van der Waals surface area contributed by atoms with Gasteiger partial charge in [-0.2, -0.15) is 4.31 Å². The van der Waals surface area contributed by atoms with Crippen LogP contribution in [0.3, 0.4) is 0 Å². The third-order valence-electron chi connectivity index (χ3n) is 3.16. The van der Waals surface area contributed by atoms with E-state index >= 15 is 0 Å². The second-order valence-electron chi connectivity index (χ2n) is 4.55. The summed E-state index contributed by atoms with van der Waals surface area (Å²) in [5, 5.41) is -0.00614. The van der Waals surface area contributed by atoms with Crippen molar-refractivity contribution in [1.29, 1.82) is 0 Å². The fourth-order valence-electron chi connectivity index (χ4n) is 2.07. The van der Waals surface area contributed by atoms with Gasteiger partial charge in [-0.05, 0) is 24.6 Å². The summed E-state index contributed by atoms with van der Waals surface area (Å²) in [6.45, 7) is 0.649. The summed E-state index contributed by atoms with van der Waals surface area (Å²) in [4.78, 5) is 11.3. The normalized spacial score (nSPS) is 19.1. The average molecular weight is 355 g/mol. The maximum absolute atomic E-state index is 12.4. The van der Waals surface area contributed by atoms with Crippen molar-refractivity contribution in [3.8, 4) is 0 Å². The molecule has 1 fully saturated rings. The largest absolute Gasteiger partial charge is 0.465 e. The minimum Gasteiger partial charge on any atom is -0.465 e. The molecule has 0 unspecified atom stereocenters. The molecule has 6 nitrogen and oxygen atoms in total. The molecule has 0 radical (unpaired) electrons. The molecule has 0 aromatic heterocycles. The quantitative estimate of drug-likeness (QED) is 0.825. The highest BCUT2D eigenvalue weighted by Gasteiger charge is 2.32. The lowest BCUT2D eigenvalue weighted by molar-refractivity contribution is 0.0600.